The first-order valence-corrected chi connectivity index (χ1v) is 16.9. The maximum Gasteiger partial charge on any atom is 0.195 e. The molecule has 0 aromatic heterocycles. The van der Waals surface area contributed by atoms with Gasteiger partial charge >= 0.3 is 0 Å². The third-order valence-electron chi connectivity index (χ3n) is 10.3. The number of ketones is 2. The van der Waals surface area contributed by atoms with Gasteiger partial charge in [-0.1, -0.05) is 158 Å². The molecule has 0 bridgehead atoms. The Morgan fingerprint density at radius 3 is 1.12 bits per heavy atom. The molecule has 0 aliphatic heterocycles. The van der Waals surface area contributed by atoms with Crippen LogP contribution in [0, 0.1) is 0 Å². The minimum atomic E-state index is -0.148. The SMILES string of the molecule is O=C1C(c2ccccc2)=Cc2ccc3ccc4ccccc4c3c2/C1=C1\C(=O)C(c2ccccc2)=Cc2ccc3ccc4ccccc4c3c21. The Morgan fingerprint density at radius 2 is 0.680 bits per heavy atom. The number of carbonyl (C=O) groups is 2. The van der Waals surface area contributed by atoms with Crippen LogP contribution in [0.5, 0.6) is 0 Å². The van der Waals surface area contributed by atoms with Crippen molar-refractivity contribution >= 4 is 89.1 Å². The summed E-state index contributed by atoms with van der Waals surface area (Å²) < 4.78 is 0. The number of allylic oxidation sites excluding steroid dienone is 4. The van der Waals surface area contributed by atoms with E-state index in [4.69, 9.17) is 0 Å². The molecule has 0 unspecified atom stereocenters. The second-order valence-electron chi connectivity index (χ2n) is 13.1. The van der Waals surface area contributed by atoms with Gasteiger partial charge in [-0.2, -0.15) is 0 Å². The van der Waals surface area contributed by atoms with Crippen molar-refractivity contribution < 1.29 is 9.59 Å². The highest BCUT2D eigenvalue weighted by Gasteiger charge is 2.37. The van der Waals surface area contributed by atoms with Crippen LogP contribution in [0.15, 0.2) is 158 Å². The highest BCUT2D eigenvalue weighted by molar-refractivity contribution is 6.61. The summed E-state index contributed by atoms with van der Waals surface area (Å²) in [5.41, 5.74) is 7.18. The Kier molecular flexibility index (Phi) is 6.21. The highest BCUT2D eigenvalue weighted by atomic mass is 16.1. The van der Waals surface area contributed by atoms with E-state index in [1.54, 1.807) is 0 Å². The summed E-state index contributed by atoms with van der Waals surface area (Å²) in [5.74, 6) is -0.296. The third-order valence-corrected chi connectivity index (χ3v) is 10.3. The van der Waals surface area contributed by atoms with E-state index in [9.17, 15) is 0 Å². The first-order valence-electron chi connectivity index (χ1n) is 16.9. The van der Waals surface area contributed by atoms with E-state index >= 15 is 9.59 Å². The van der Waals surface area contributed by atoms with Crippen LogP contribution in [-0.2, 0) is 9.59 Å². The van der Waals surface area contributed by atoms with Crippen LogP contribution < -0.4 is 0 Å². The molecule has 0 heterocycles. The number of hydrogen-bond donors (Lipinski definition) is 0. The van der Waals surface area contributed by atoms with Gasteiger partial charge in [-0.05, 0) is 77.5 Å². The summed E-state index contributed by atoms with van der Waals surface area (Å²) in [6.07, 6.45) is 4.03. The van der Waals surface area contributed by atoms with Crippen molar-refractivity contribution in [1.29, 1.82) is 0 Å². The maximum atomic E-state index is 15.5. The van der Waals surface area contributed by atoms with Crippen molar-refractivity contribution in [2.24, 2.45) is 0 Å². The summed E-state index contributed by atoms with van der Waals surface area (Å²) in [6, 6.07) is 53.2. The number of hydrogen-bond acceptors (Lipinski definition) is 2. The molecule has 0 N–H and O–H groups in total. The minimum absolute atomic E-state index is 0.148. The van der Waals surface area contributed by atoms with Gasteiger partial charge in [0.2, 0.25) is 0 Å². The van der Waals surface area contributed by atoms with Crippen LogP contribution in [0.2, 0.25) is 0 Å². The lowest BCUT2D eigenvalue weighted by Gasteiger charge is -2.28. The number of Topliss-reactive ketones (excluding diaryl/α,β-unsaturated/α-hetero) is 2. The fourth-order valence-electron chi connectivity index (χ4n) is 8.09. The second kappa shape index (κ2) is 10.9. The number of fused-ring (bicyclic) bond motifs is 10. The molecule has 0 amide bonds. The number of carbonyl (C=O) groups excluding carboxylic acids is 2. The van der Waals surface area contributed by atoms with Crippen LogP contribution in [0.3, 0.4) is 0 Å². The Bertz CT molecular complexity index is 2670. The van der Waals surface area contributed by atoms with Crippen LogP contribution >= 0.6 is 0 Å². The van der Waals surface area contributed by atoms with Crippen molar-refractivity contribution in [3.8, 4) is 0 Å². The van der Waals surface area contributed by atoms with E-state index in [0.29, 0.717) is 22.3 Å². The quantitative estimate of drug-likeness (QED) is 0.140. The van der Waals surface area contributed by atoms with Crippen molar-refractivity contribution in [3.63, 3.8) is 0 Å². The first kappa shape index (κ1) is 28.4. The summed E-state index contributed by atoms with van der Waals surface area (Å²) >= 11 is 0. The summed E-state index contributed by atoms with van der Waals surface area (Å²) in [4.78, 5) is 30.9. The molecule has 10 rings (SSSR count). The van der Waals surface area contributed by atoms with Crippen molar-refractivity contribution in [3.05, 3.63) is 191 Å². The topological polar surface area (TPSA) is 34.1 Å². The van der Waals surface area contributed by atoms with E-state index < -0.39 is 0 Å². The van der Waals surface area contributed by atoms with E-state index in [1.165, 1.54) is 0 Å². The van der Waals surface area contributed by atoms with Crippen LogP contribution in [-0.4, -0.2) is 11.6 Å². The van der Waals surface area contributed by atoms with Crippen LogP contribution in [0.25, 0.3) is 77.5 Å². The molecular weight excluding hydrogens is 609 g/mol. The Hall–Kier alpha value is -6.64. The highest BCUT2D eigenvalue weighted by Crippen LogP contribution is 2.49. The van der Waals surface area contributed by atoms with Crippen molar-refractivity contribution in [2.75, 3.05) is 0 Å². The Balaban J connectivity index is 1.44. The average Bonchev–Trinajstić information content (AvgIpc) is 3.18. The lowest BCUT2D eigenvalue weighted by molar-refractivity contribution is -0.110. The Morgan fingerprint density at radius 1 is 0.320 bits per heavy atom. The zero-order valence-electron chi connectivity index (χ0n) is 27.0. The molecular formula is C48H28O2. The zero-order chi connectivity index (χ0) is 33.3. The molecule has 0 saturated carbocycles. The van der Waals surface area contributed by atoms with Crippen LogP contribution in [0.4, 0.5) is 0 Å². The van der Waals surface area contributed by atoms with Gasteiger partial charge in [0.25, 0.3) is 0 Å². The predicted octanol–water partition coefficient (Wildman–Crippen LogP) is 11.5. The molecule has 2 nitrogen and oxygen atoms in total. The normalized spacial score (nSPS) is 15.7. The number of rotatable bonds is 2. The van der Waals surface area contributed by atoms with Gasteiger partial charge < -0.3 is 0 Å². The molecule has 8 aromatic rings. The number of benzene rings is 8. The molecule has 232 valence electrons. The molecule has 0 spiro atoms. The molecule has 0 radical (unpaired) electrons. The lowest BCUT2D eigenvalue weighted by Crippen LogP contribution is -2.20. The van der Waals surface area contributed by atoms with Gasteiger partial charge in [0.1, 0.15) is 0 Å². The fraction of sp³-hybridized carbons (Fsp3) is 0. The van der Waals surface area contributed by atoms with Gasteiger partial charge in [-0.15, -0.1) is 0 Å². The summed E-state index contributed by atoms with van der Waals surface area (Å²) in [5, 5.41) is 8.28. The first-order chi connectivity index (χ1) is 24.7. The lowest BCUT2D eigenvalue weighted by atomic mass is 9.72. The van der Waals surface area contributed by atoms with Crippen molar-refractivity contribution in [2.45, 2.75) is 0 Å². The van der Waals surface area contributed by atoms with Gasteiger partial charge in [0.05, 0.1) is 0 Å². The smallest absolute Gasteiger partial charge is 0.195 e. The molecule has 0 atom stereocenters. The zero-order valence-corrected chi connectivity index (χ0v) is 27.0. The van der Waals surface area contributed by atoms with Gasteiger partial charge in [-0.25, -0.2) is 0 Å². The molecule has 0 saturated heterocycles. The maximum absolute atomic E-state index is 15.5. The van der Waals surface area contributed by atoms with E-state index in [0.717, 1.165) is 76.5 Å². The van der Waals surface area contributed by atoms with Gasteiger partial charge in [0, 0.05) is 33.4 Å². The minimum Gasteiger partial charge on any atom is -0.289 e. The van der Waals surface area contributed by atoms with E-state index in [1.807, 2.05) is 97.1 Å². The average molecular weight is 637 g/mol. The van der Waals surface area contributed by atoms with Crippen molar-refractivity contribution in [1.82, 2.24) is 0 Å². The molecule has 2 aliphatic carbocycles. The third kappa shape index (κ3) is 4.15. The van der Waals surface area contributed by atoms with Crippen LogP contribution in [0.1, 0.15) is 33.4 Å². The Labute approximate surface area is 288 Å². The largest absolute Gasteiger partial charge is 0.289 e. The molecule has 0 fully saturated rings. The van der Waals surface area contributed by atoms with E-state index in [2.05, 4.69) is 72.8 Å². The van der Waals surface area contributed by atoms with Gasteiger partial charge in [-0.3, -0.25) is 9.59 Å². The predicted molar refractivity (Wildman–Crippen MR) is 208 cm³/mol. The summed E-state index contributed by atoms with van der Waals surface area (Å²) in [6.45, 7) is 0. The van der Waals surface area contributed by atoms with E-state index in [-0.39, 0.29) is 11.6 Å². The fourth-order valence-corrected chi connectivity index (χ4v) is 8.09. The molecule has 2 aliphatic rings. The van der Waals surface area contributed by atoms with Gasteiger partial charge in [0.15, 0.2) is 11.6 Å². The molecule has 2 heteroatoms. The molecule has 50 heavy (non-hydrogen) atoms. The molecule has 8 aromatic carbocycles. The second-order valence-corrected chi connectivity index (χ2v) is 13.1. The standard InChI is InChI=1S/C48H28O2/c49-47-39(29-11-3-1-4-12-29)27-35-25-23-33-21-19-31-15-7-9-17-37(31)41(33)43(35)45(47)46-44-36(28-40(48(46)50)30-13-5-2-6-14-30)26-24-34-22-20-32-16-8-10-18-38(32)42(34)44/h1-28H/b46-45+. The monoisotopic (exact) mass is 636 g/mol. The summed E-state index contributed by atoms with van der Waals surface area (Å²) in [7, 11) is 0.